The topological polar surface area (TPSA) is 98.2 Å². The van der Waals surface area contributed by atoms with Crippen molar-refractivity contribution in [1.29, 1.82) is 0 Å². The van der Waals surface area contributed by atoms with E-state index in [2.05, 4.69) is 41.1 Å². The first-order chi connectivity index (χ1) is 18.6. The Hall–Kier alpha value is -0.553. The molecule has 0 bridgehead atoms. The van der Waals surface area contributed by atoms with Crippen LogP contribution in [0.2, 0.25) is 18.6 Å². The molecular formula is C29H52ClN5O3Si. The average molecular weight is 582 g/mol. The number of fused-ring (bicyclic) bond motifs is 3. The number of hydrogen-bond donors (Lipinski definition) is 4. The van der Waals surface area contributed by atoms with E-state index in [0.717, 1.165) is 77.2 Å². The first kappa shape index (κ1) is 29.9. The number of nitrogens with one attached hydrogen (secondary N) is 3. The third-order valence-electron chi connectivity index (χ3n) is 10.7. The van der Waals surface area contributed by atoms with E-state index in [1.165, 1.54) is 5.71 Å². The number of rotatable bonds is 7. The van der Waals surface area contributed by atoms with Gasteiger partial charge in [-0.15, -0.1) is 11.6 Å². The lowest BCUT2D eigenvalue weighted by Crippen LogP contribution is -2.55. The molecule has 0 aromatic heterocycles. The quantitative estimate of drug-likeness (QED) is 0.266. The number of alkyl halides is 1. The van der Waals surface area contributed by atoms with Gasteiger partial charge in [-0.05, 0) is 95.2 Å². The van der Waals surface area contributed by atoms with Crippen molar-refractivity contribution in [2.75, 3.05) is 13.7 Å². The largest absolute Gasteiger partial charge is 0.432 e. The van der Waals surface area contributed by atoms with Gasteiger partial charge in [0, 0.05) is 36.7 Å². The summed E-state index contributed by atoms with van der Waals surface area (Å²) in [5.41, 5.74) is 8.82. The molecule has 5 unspecified atom stereocenters. The Morgan fingerprint density at radius 3 is 2.49 bits per heavy atom. The van der Waals surface area contributed by atoms with E-state index in [0.29, 0.717) is 35.8 Å². The molecule has 8 nitrogen and oxygen atoms in total. The first-order valence-corrected chi connectivity index (χ1v) is 19.1. The Morgan fingerprint density at radius 2 is 1.82 bits per heavy atom. The van der Waals surface area contributed by atoms with Crippen LogP contribution in [0.25, 0.3) is 0 Å². The summed E-state index contributed by atoms with van der Waals surface area (Å²) >= 11 is 6.51. The summed E-state index contributed by atoms with van der Waals surface area (Å²) in [5, 5.41) is 3.56. The molecule has 2 aliphatic heterocycles. The third kappa shape index (κ3) is 6.92. The Bertz CT molecular complexity index is 871. The zero-order valence-corrected chi connectivity index (χ0v) is 26.3. The number of amides is 1. The van der Waals surface area contributed by atoms with E-state index in [-0.39, 0.29) is 35.8 Å². The lowest BCUT2D eigenvalue weighted by atomic mass is 9.72. The van der Waals surface area contributed by atoms with E-state index >= 15 is 0 Å². The van der Waals surface area contributed by atoms with Crippen LogP contribution in [0.15, 0.2) is 4.99 Å². The molecule has 2 heterocycles. The van der Waals surface area contributed by atoms with Gasteiger partial charge in [-0.25, -0.2) is 10.9 Å². The van der Waals surface area contributed by atoms with Crippen LogP contribution >= 0.6 is 11.6 Å². The van der Waals surface area contributed by atoms with Crippen molar-refractivity contribution in [3.05, 3.63) is 0 Å². The number of methoxy groups -OCH3 is 1. The number of aliphatic imine (C=N–C) groups is 1. The van der Waals surface area contributed by atoms with Gasteiger partial charge in [0.15, 0.2) is 8.32 Å². The first-order valence-electron chi connectivity index (χ1n) is 15.7. The van der Waals surface area contributed by atoms with Crippen molar-refractivity contribution < 1.29 is 14.3 Å². The third-order valence-corrected chi connectivity index (χ3v) is 13.7. The van der Waals surface area contributed by atoms with Crippen LogP contribution < -0.4 is 16.2 Å². The van der Waals surface area contributed by atoms with Crippen molar-refractivity contribution >= 4 is 31.5 Å². The molecule has 3 saturated carbocycles. The Labute approximate surface area is 241 Å². The highest BCUT2D eigenvalue weighted by Crippen LogP contribution is 2.42. The van der Waals surface area contributed by atoms with Crippen LogP contribution in [0.4, 0.5) is 0 Å². The minimum absolute atomic E-state index is 0.00592. The van der Waals surface area contributed by atoms with Gasteiger partial charge in [-0.2, -0.15) is 0 Å². The molecule has 4 N–H and O–H groups in total. The number of nitrogens with zero attached hydrogens (tertiary/aromatic N) is 2. The molecule has 6 atom stereocenters. The summed E-state index contributed by atoms with van der Waals surface area (Å²) < 4.78 is 5.88. The van der Waals surface area contributed by atoms with Gasteiger partial charge in [0.05, 0.1) is 30.9 Å². The maximum Gasteiger partial charge on any atom is 0.222 e. The summed E-state index contributed by atoms with van der Waals surface area (Å²) in [7, 11) is -0.222. The van der Waals surface area contributed by atoms with Gasteiger partial charge >= 0.3 is 0 Å². The van der Waals surface area contributed by atoms with Crippen LogP contribution in [0.3, 0.4) is 0 Å². The highest BCUT2D eigenvalue weighted by Gasteiger charge is 2.50. The van der Waals surface area contributed by atoms with E-state index in [1.54, 1.807) is 0 Å². The molecule has 3 aliphatic carbocycles. The zero-order chi connectivity index (χ0) is 27.7. The van der Waals surface area contributed by atoms with Crippen LogP contribution in [0.1, 0.15) is 84.0 Å². The highest BCUT2D eigenvalue weighted by molar-refractivity contribution is 6.71. The van der Waals surface area contributed by atoms with Crippen molar-refractivity contribution in [2.45, 2.75) is 139 Å². The standard InChI is InChI=1S/C29H52ClN5O3Si/c1-18-33-34-29-25(16-27(36)31-17-19-5-12-23(13-6-19)39(3,4)37)32-28(20-7-9-21(30)10-8-20)24-15-22(38-2)11-14-26(24)35(18)29/h18-26,29,33-34,37H,5-17H2,1-4H3,(H,31,36)/t18?,19?,20?,21?,22?,23?,24?,25-,26?,29?/m0/s1. The second-order valence-electron chi connectivity index (χ2n) is 13.7. The lowest BCUT2D eigenvalue weighted by molar-refractivity contribution is -0.122. The van der Waals surface area contributed by atoms with Crippen molar-refractivity contribution in [1.82, 2.24) is 21.1 Å². The summed E-state index contributed by atoms with van der Waals surface area (Å²) in [6.45, 7) is 7.08. The fourth-order valence-corrected chi connectivity index (χ4v) is 10.3. The SMILES string of the molecule is COC1CCC2C(C1)C(C1CCC(Cl)CC1)=N[C@@H](CC(=O)NCC1CCC([Si](C)(C)O)CC1)C1NNC(C)N21. The summed E-state index contributed by atoms with van der Waals surface area (Å²) in [6.07, 6.45) is 12.7. The smallest absolute Gasteiger partial charge is 0.222 e. The van der Waals surface area contributed by atoms with E-state index in [4.69, 9.17) is 21.3 Å². The summed E-state index contributed by atoms with van der Waals surface area (Å²) in [6, 6.07) is 0.267. The van der Waals surface area contributed by atoms with Crippen molar-refractivity contribution in [3.63, 3.8) is 0 Å². The number of carbonyl (C=O) groups excluding carboxylic acids is 1. The molecular weight excluding hydrogens is 530 g/mol. The van der Waals surface area contributed by atoms with Crippen LogP contribution in [0, 0.1) is 17.8 Å². The molecule has 39 heavy (non-hydrogen) atoms. The molecule has 10 heteroatoms. The predicted molar refractivity (Wildman–Crippen MR) is 159 cm³/mol. The van der Waals surface area contributed by atoms with Gasteiger partial charge in [-0.1, -0.05) is 12.8 Å². The van der Waals surface area contributed by atoms with Crippen molar-refractivity contribution in [3.8, 4) is 0 Å². The molecule has 5 aliphatic rings. The fourth-order valence-electron chi connectivity index (χ4n) is 8.25. The molecule has 4 fully saturated rings. The Balaban J connectivity index is 1.30. The number of halogens is 1. The molecule has 5 rings (SSSR count). The molecule has 0 spiro atoms. The fraction of sp³-hybridized carbons (Fsp3) is 0.931. The number of carbonyl (C=O) groups is 1. The van der Waals surface area contributed by atoms with Gasteiger partial charge in [-0.3, -0.25) is 14.7 Å². The number of hydrazine groups is 1. The van der Waals surface area contributed by atoms with Crippen LogP contribution in [-0.2, 0) is 9.53 Å². The molecule has 0 aromatic rings. The van der Waals surface area contributed by atoms with E-state index in [9.17, 15) is 9.59 Å². The number of hydrogen-bond acceptors (Lipinski definition) is 7. The Morgan fingerprint density at radius 1 is 1.10 bits per heavy atom. The van der Waals surface area contributed by atoms with Crippen molar-refractivity contribution in [2.24, 2.45) is 22.7 Å². The van der Waals surface area contributed by atoms with Gasteiger partial charge in [0.1, 0.15) is 0 Å². The van der Waals surface area contributed by atoms with Crippen LogP contribution in [0.5, 0.6) is 0 Å². The van der Waals surface area contributed by atoms with Crippen LogP contribution in [-0.4, -0.2) is 79.2 Å². The maximum absolute atomic E-state index is 13.4. The van der Waals surface area contributed by atoms with Gasteiger partial charge in [0.25, 0.3) is 0 Å². The predicted octanol–water partition coefficient (Wildman–Crippen LogP) is 4.14. The molecule has 1 saturated heterocycles. The minimum Gasteiger partial charge on any atom is -0.432 e. The molecule has 222 valence electrons. The zero-order valence-electron chi connectivity index (χ0n) is 24.5. The highest BCUT2D eigenvalue weighted by atomic mass is 35.5. The van der Waals surface area contributed by atoms with E-state index in [1.807, 2.05) is 7.11 Å². The van der Waals surface area contributed by atoms with Gasteiger partial charge in [0.2, 0.25) is 5.91 Å². The second kappa shape index (κ2) is 12.8. The summed E-state index contributed by atoms with van der Waals surface area (Å²) in [4.78, 5) is 32.0. The monoisotopic (exact) mass is 581 g/mol. The normalized spacial score (nSPS) is 41.7. The van der Waals surface area contributed by atoms with E-state index < -0.39 is 8.32 Å². The molecule has 0 radical (unpaired) electrons. The number of ether oxygens (including phenoxy) is 1. The lowest BCUT2D eigenvalue weighted by Gasteiger charge is -2.44. The Kier molecular flexibility index (Phi) is 9.79. The minimum atomic E-state index is -2.06. The summed E-state index contributed by atoms with van der Waals surface area (Å²) in [5.74, 6) is 1.42. The molecule has 1 amide bonds. The second-order valence-corrected chi connectivity index (χ2v) is 18.4. The molecule has 0 aromatic carbocycles. The maximum atomic E-state index is 13.4. The average Bonchev–Trinajstić information content (AvgIpc) is 3.24. The van der Waals surface area contributed by atoms with Gasteiger partial charge < -0.3 is 14.8 Å².